The zero-order valence-corrected chi connectivity index (χ0v) is 12.2. The van der Waals surface area contributed by atoms with E-state index in [0.717, 1.165) is 18.8 Å². The first-order valence-corrected chi connectivity index (χ1v) is 7.34. The summed E-state index contributed by atoms with van der Waals surface area (Å²) in [5.41, 5.74) is 0.395. The summed E-state index contributed by atoms with van der Waals surface area (Å²) >= 11 is 0. The predicted octanol–water partition coefficient (Wildman–Crippen LogP) is 4.63. The molecule has 2 nitrogen and oxygen atoms in total. The molecule has 106 valence electrons. The third-order valence-corrected chi connectivity index (χ3v) is 4.26. The minimum atomic E-state index is -0.411. The van der Waals surface area contributed by atoms with Crippen molar-refractivity contribution in [2.45, 2.75) is 58.9 Å². The molecule has 2 rings (SSSR count). The molecule has 2 atom stereocenters. The lowest BCUT2D eigenvalue weighted by atomic mass is 9.76. The fraction of sp³-hybridized carbons (Fsp3) is 0.688. The van der Waals surface area contributed by atoms with Gasteiger partial charge in [-0.3, -0.25) is 0 Å². The van der Waals surface area contributed by atoms with E-state index in [2.05, 4.69) is 31.1 Å². The van der Waals surface area contributed by atoms with Crippen LogP contribution in [0.4, 0.5) is 10.2 Å². The highest BCUT2D eigenvalue weighted by atomic mass is 19.1. The van der Waals surface area contributed by atoms with Gasteiger partial charge in [0.15, 0.2) is 0 Å². The Morgan fingerprint density at radius 3 is 2.63 bits per heavy atom. The molecule has 0 amide bonds. The molecule has 19 heavy (non-hydrogen) atoms. The van der Waals surface area contributed by atoms with Crippen LogP contribution in [0.25, 0.3) is 0 Å². The van der Waals surface area contributed by atoms with Crippen LogP contribution < -0.4 is 5.32 Å². The van der Waals surface area contributed by atoms with Crippen molar-refractivity contribution in [1.29, 1.82) is 0 Å². The number of nitrogens with one attached hydrogen (secondary N) is 1. The highest BCUT2D eigenvalue weighted by Crippen LogP contribution is 2.37. The zero-order valence-electron chi connectivity index (χ0n) is 12.2. The van der Waals surface area contributed by atoms with E-state index in [1.807, 2.05) is 6.07 Å². The summed E-state index contributed by atoms with van der Waals surface area (Å²) in [5, 5.41) is 3.38. The number of anilines is 1. The average molecular weight is 264 g/mol. The van der Waals surface area contributed by atoms with Crippen molar-refractivity contribution in [1.82, 2.24) is 4.98 Å². The largest absolute Gasteiger partial charge is 0.367 e. The molecule has 0 saturated heterocycles. The van der Waals surface area contributed by atoms with Crippen molar-refractivity contribution in [2.75, 3.05) is 5.32 Å². The second kappa shape index (κ2) is 5.89. The Bertz CT molecular complexity index is 411. The second-order valence-electron chi connectivity index (χ2n) is 6.76. The Morgan fingerprint density at radius 2 is 1.95 bits per heavy atom. The summed E-state index contributed by atoms with van der Waals surface area (Å²) in [6.07, 6.45) is 6.11. The fourth-order valence-corrected chi connectivity index (χ4v) is 3.01. The number of aromatic nitrogens is 1. The molecule has 1 aromatic rings. The quantitative estimate of drug-likeness (QED) is 0.622. The molecule has 0 bridgehead atoms. The SMILES string of the molecule is CC(C)(C)C1CCCC(Nc2cccc(F)n2)CC1. The molecule has 0 aromatic carbocycles. The highest BCUT2D eigenvalue weighted by molar-refractivity contribution is 5.34. The molecule has 0 spiro atoms. The molecule has 3 heteroatoms. The van der Waals surface area contributed by atoms with Crippen LogP contribution in [-0.4, -0.2) is 11.0 Å². The Kier molecular flexibility index (Phi) is 4.43. The maximum absolute atomic E-state index is 13.1. The number of rotatable bonds is 2. The normalized spacial score (nSPS) is 24.8. The van der Waals surface area contributed by atoms with Gasteiger partial charge in [-0.1, -0.05) is 33.3 Å². The summed E-state index contributed by atoms with van der Waals surface area (Å²) in [6, 6.07) is 5.37. The Balaban J connectivity index is 1.93. The van der Waals surface area contributed by atoms with Crippen LogP contribution in [0.1, 0.15) is 52.9 Å². The van der Waals surface area contributed by atoms with Crippen molar-refractivity contribution in [3.05, 3.63) is 24.1 Å². The number of nitrogens with zero attached hydrogens (tertiary/aromatic N) is 1. The molecule has 0 aliphatic heterocycles. The van der Waals surface area contributed by atoms with E-state index >= 15 is 0 Å². The Labute approximate surface area is 115 Å². The monoisotopic (exact) mass is 264 g/mol. The summed E-state index contributed by atoms with van der Waals surface area (Å²) in [7, 11) is 0. The van der Waals surface area contributed by atoms with Crippen LogP contribution in [0.3, 0.4) is 0 Å². The number of pyridine rings is 1. The maximum Gasteiger partial charge on any atom is 0.214 e. The summed E-state index contributed by atoms with van der Waals surface area (Å²) in [5.74, 6) is 1.05. The lowest BCUT2D eigenvalue weighted by molar-refractivity contribution is 0.214. The fourth-order valence-electron chi connectivity index (χ4n) is 3.01. The van der Waals surface area contributed by atoms with Gasteiger partial charge >= 0.3 is 0 Å². The number of hydrogen-bond donors (Lipinski definition) is 1. The number of hydrogen-bond acceptors (Lipinski definition) is 2. The molecule has 2 unspecified atom stereocenters. The van der Waals surface area contributed by atoms with Gasteiger partial charge in [0.1, 0.15) is 5.82 Å². The first-order chi connectivity index (χ1) is 8.95. The molecule has 1 aliphatic rings. The topological polar surface area (TPSA) is 24.9 Å². The van der Waals surface area contributed by atoms with Gasteiger partial charge in [0.2, 0.25) is 5.95 Å². The molecule has 1 aliphatic carbocycles. The van der Waals surface area contributed by atoms with Crippen LogP contribution in [-0.2, 0) is 0 Å². The smallest absolute Gasteiger partial charge is 0.214 e. The van der Waals surface area contributed by atoms with Crippen molar-refractivity contribution < 1.29 is 4.39 Å². The summed E-state index contributed by atoms with van der Waals surface area (Å²) in [4.78, 5) is 3.89. The third kappa shape index (κ3) is 4.19. The molecular weight excluding hydrogens is 239 g/mol. The van der Waals surface area contributed by atoms with Gasteiger partial charge in [-0.05, 0) is 49.1 Å². The minimum Gasteiger partial charge on any atom is -0.367 e. The van der Waals surface area contributed by atoms with Crippen molar-refractivity contribution in [2.24, 2.45) is 11.3 Å². The molecule has 1 aromatic heterocycles. The summed E-state index contributed by atoms with van der Waals surface area (Å²) < 4.78 is 13.1. The minimum absolute atomic E-state index is 0.395. The standard InChI is InChI=1S/C16H25FN2/c1-16(2,3)12-6-4-7-13(11-10-12)18-15-9-5-8-14(17)19-15/h5,8-9,12-13H,4,6-7,10-11H2,1-3H3,(H,18,19). The van der Waals surface area contributed by atoms with E-state index in [4.69, 9.17) is 0 Å². The van der Waals surface area contributed by atoms with Gasteiger partial charge < -0.3 is 5.32 Å². The van der Waals surface area contributed by atoms with Gasteiger partial charge in [0, 0.05) is 6.04 Å². The van der Waals surface area contributed by atoms with E-state index in [1.165, 1.54) is 25.3 Å². The van der Waals surface area contributed by atoms with E-state index in [-0.39, 0.29) is 0 Å². The van der Waals surface area contributed by atoms with Crippen LogP contribution in [0.15, 0.2) is 18.2 Å². The molecule has 1 saturated carbocycles. The number of halogens is 1. The molecule has 1 N–H and O–H groups in total. The van der Waals surface area contributed by atoms with Crippen LogP contribution in [0, 0.1) is 17.3 Å². The van der Waals surface area contributed by atoms with Gasteiger partial charge in [0.05, 0.1) is 0 Å². The lowest BCUT2D eigenvalue weighted by Crippen LogP contribution is -2.22. The van der Waals surface area contributed by atoms with E-state index in [0.29, 0.717) is 17.3 Å². The third-order valence-electron chi connectivity index (χ3n) is 4.26. The van der Waals surface area contributed by atoms with Crippen molar-refractivity contribution in [3.8, 4) is 0 Å². The van der Waals surface area contributed by atoms with E-state index in [9.17, 15) is 4.39 Å². The predicted molar refractivity (Wildman–Crippen MR) is 77.6 cm³/mol. The second-order valence-corrected chi connectivity index (χ2v) is 6.76. The van der Waals surface area contributed by atoms with E-state index < -0.39 is 5.95 Å². The average Bonchev–Trinajstić information content (AvgIpc) is 2.54. The maximum atomic E-state index is 13.1. The van der Waals surface area contributed by atoms with Gasteiger partial charge in [-0.2, -0.15) is 4.39 Å². The van der Waals surface area contributed by atoms with E-state index in [1.54, 1.807) is 6.07 Å². The molecule has 1 fully saturated rings. The zero-order chi connectivity index (χ0) is 13.9. The molecule has 1 heterocycles. The highest BCUT2D eigenvalue weighted by Gasteiger charge is 2.27. The first kappa shape index (κ1) is 14.3. The Morgan fingerprint density at radius 1 is 1.16 bits per heavy atom. The van der Waals surface area contributed by atoms with Crippen molar-refractivity contribution in [3.63, 3.8) is 0 Å². The molecular formula is C16H25FN2. The van der Waals surface area contributed by atoms with Gasteiger partial charge in [0.25, 0.3) is 0 Å². The van der Waals surface area contributed by atoms with Crippen LogP contribution >= 0.6 is 0 Å². The lowest BCUT2D eigenvalue weighted by Gasteiger charge is -2.29. The molecule has 0 radical (unpaired) electrons. The summed E-state index contributed by atoms with van der Waals surface area (Å²) in [6.45, 7) is 7.00. The van der Waals surface area contributed by atoms with Crippen molar-refractivity contribution >= 4 is 5.82 Å². The van der Waals surface area contributed by atoms with Gasteiger partial charge in [-0.25, -0.2) is 4.98 Å². The Hall–Kier alpha value is -1.12. The first-order valence-electron chi connectivity index (χ1n) is 7.34. The van der Waals surface area contributed by atoms with Gasteiger partial charge in [-0.15, -0.1) is 0 Å². The van der Waals surface area contributed by atoms with Crippen LogP contribution in [0.2, 0.25) is 0 Å². The van der Waals surface area contributed by atoms with Crippen LogP contribution in [0.5, 0.6) is 0 Å².